The molecule has 1 heterocycles. The number of morpholine rings is 1. The van der Waals surface area contributed by atoms with Crippen LogP contribution in [0.25, 0.3) is 0 Å². The molecule has 9 heteroatoms. The van der Waals surface area contributed by atoms with Crippen LogP contribution in [0.15, 0.2) is 52.3 Å². The van der Waals surface area contributed by atoms with Crippen molar-refractivity contribution in [2.45, 2.75) is 30.2 Å². The quantitative estimate of drug-likeness (QED) is 0.559. The van der Waals surface area contributed by atoms with E-state index in [0.29, 0.717) is 31.9 Å². The van der Waals surface area contributed by atoms with Gasteiger partial charge >= 0.3 is 0 Å². The van der Waals surface area contributed by atoms with Crippen molar-refractivity contribution in [1.82, 2.24) is 9.62 Å². The highest BCUT2D eigenvalue weighted by atomic mass is 32.2. The Bertz CT molecular complexity index is 1020. The van der Waals surface area contributed by atoms with Gasteiger partial charge in [-0.3, -0.25) is 4.79 Å². The molecule has 0 spiro atoms. The number of hydrogen-bond acceptors (Lipinski definition) is 6. The molecule has 0 radical (unpaired) electrons. The molecule has 2 aromatic carbocycles. The summed E-state index contributed by atoms with van der Waals surface area (Å²) in [5, 5.41) is 0. The maximum absolute atomic E-state index is 13.0. The van der Waals surface area contributed by atoms with E-state index in [1.54, 1.807) is 17.0 Å². The SMILES string of the molecule is CCN(CC)c1ccc(CNS(=O)(=O)c2ccc(SC)c(C(=O)N3CCOCC3)c2)cc1. The molecule has 32 heavy (non-hydrogen) atoms. The summed E-state index contributed by atoms with van der Waals surface area (Å²) in [4.78, 5) is 17.8. The van der Waals surface area contributed by atoms with Gasteiger partial charge in [0.25, 0.3) is 5.91 Å². The van der Waals surface area contributed by atoms with Crippen molar-refractivity contribution in [2.75, 3.05) is 50.5 Å². The molecular weight excluding hydrogens is 446 g/mol. The molecule has 1 aliphatic rings. The van der Waals surface area contributed by atoms with Crippen molar-refractivity contribution in [3.63, 3.8) is 0 Å². The smallest absolute Gasteiger partial charge is 0.255 e. The first-order valence-corrected chi connectivity index (χ1v) is 13.5. The molecule has 7 nitrogen and oxygen atoms in total. The van der Waals surface area contributed by atoms with Crippen LogP contribution in [0, 0.1) is 0 Å². The molecule has 0 bridgehead atoms. The van der Waals surface area contributed by atoms with Crippen LogP contribution in [0.4, 0.5) is 5.69 Å². The number of carbonyl (C=O) groups excluding carboxylic acids is 1. The lowest BCUT2D eigenvalue weighted by atomic mass is 10.2. The van der Waals surface area contributed by atoms with Gasteiger partial charge in [-0.05, 0) is 56.0 Å². The van der Waals surface area contributed by atoms with Gasteiger partial charge in [-0.1, -0.05) is 12.1 Å². The second-order valence-corrected chi connectivity index (χ2v) is 10.0. The first-order valence-electron chi connectivity index (χ1n) is 10.8. The molecule has 0 unspecified atom stereocenters. The first-order chi connectivity index (χ1) is 15.4. The van der Waals surface area contributed by atoms with Crippen molar-refractivity contribution in [1.29, 1.82) is 0 Å². The minimum Gasteiger partial charge on any atom is -0.378 e. The van der Waals surface area contributed by atoms with Crippen molar-refractivity contribution in [3.05, 3.63) is 53.6 Å². The van der Waals surface area contributed by atoms with Crippen molar-refractivity contribution >= 4 is 33.4 Å². The Morgan fingerprint density at radius 3 is 2.34 bits per heavy atom. The molecular formula is C23H31N3O4S2. The molecule has 1 saturated heterocycles. The Hall–Kier alpha value is -2.07. The van der Waals surface area contributed by atoms with E-state index in [2.05, 4.69) is 23.5 Å². The fourth-order valence-electron chi connectivity index (χ4n) is 3.63. The minimum atomic E-state index is -3.77. The lowest BCUT2D eigenvalue weighted by molar-refractivity contribution is 0.0300. The van der Waals surface area contributed by atoms with E-state index in [1.165, 1.54) is 17.8 Å². The van der Waals surface area contributed by atoms with Gasteiger partial charge in [0.1, 0.15) is 0 Å². The largest absolute Gasteiger partial charge is 0.378 e. The molecule has 0 aromatic heterocycles. The summed E-state index contributed by atoms with van der Waals surface area (Å²) < 4.78 is 33.9. The number of sulfonamides is 1. The van der Waals surface area contributed by atoms with E-state index >= 15 is 0 Å². The molecule has 174 valence electrons. The van der Waals surface area contributed by atoms with E-state index in [1.807, 2.05) is 30.5 Å². The average molecular weight is 478 g/mol. The monoisotopic (exact) mass is 477 g/mol. The predicted molar refractivity (Wildman–Crippen MR) is 129 cm³/mol. The molecule has 3 rings (SSSR count). The van der Waals surface area contributed by atoms with Crippen molar-refractivity contribution < 1.29 is 17.9 Å². The average Bonchev–Trinajstić information content (AvgIpc) is 2.84. The number of rotatable bonds is 9. The Labute approximate surface area is 195 Å². The molecule has 1 amide bonds. The summed E-state index contributed by atoms with van der Waals surface area (Å²) in [7, 11) is -3.77. The predicted octanol–water partition coefficient (Wildman–Crippen LogP) is 3.21. The molecule has 1 N–H and O–H groups in total. The molecule has 1 fully saturated rings. The zero-order valence-electron chi connectivity index (χ0n) is 18.8. The van der Waals surface area contributed by atoms with Crippen molar-refractivity contribution in [2.24, 2.45) is 0 Å². The van der Waals surface area contributed by atoms with Gasteiger partial charge in [-0.15, -0.1) is 11.8 Å². The maximum Gasteiger partial charge on any atom is 0.255 e. The minimum absolute atomic E-state index is 0.0895. The van der Waals surface area contributed by atoms with Crippen LogP contribution in [-0.2, 0) is 21.3 Å². The van der Waals surface area contributed by atoms with Gasteiger partial charge in [0, 0.05) is 43.3 Å². The number of ether oxygens (including phenoxy) is 1. The lowest BCUT2D eigenvalue weighted by Crippen LogP contribution is -2.41. The van der Waals surface area contributed by atoms with Crippen LogP contribution >= 0.6 is 11.8 Å². The van der Waals surface area contributed by atoms with Crippen LogP contribution < -0.4 is 9.62 Å². The van der Waals surface area contributed by atoms with Gasteiger partial charge in [0.2, 0.25) is 10.0 Å². The van der Waals surface area contributed by atoms with E-state index in [0.717, 1.165) is 29.2 Å². The Kier molecular flexibility index (Phi) is 8.58. The summed E-state index contributed by atoms with van der Waals surface area (Å²) in [6, 6.07) is 12.6. The highest BCUT2D eigenvalue weighted by molar-refractivity contribution is 7.98. The third-order valence-electron chi connectivity index (χ3n) is 5.54. The number of hydrogen-bond donors (Lipinski definition) is 1. The zero-order valence-corrected chi connectivity index (χ0v) is 20.5. The fourth-order valence-corrected chi connectivity index (χ4v) is 5.25. The number of nitrogens with zero attached hydrogens (tertiary/aromatic N) is 2. The van der Waals surface area contributed by atoms with E-state index in [-0.39, 0.29) is 17.3 Å². The van der Waals surface area contributed by atoms with Gasteiger partial charge < -0.3 is 14.5 Å². The molecule has 0 atom stereocenters. The Balaban J connectivity index is 1.75. The summed E-state index contributed by atoms with van der Waals surface area (Å²) in [6.45, 7) is 8.21. The Morgan fingerprint density at radius 1 is 1.09 bits per heavy atom. The van der Waals surface area contributed by atoms with E-state index < -0.39 is 10.0 Å². The molecule has 1 aliphatic heterocycles. The first kappa shape index (κ1) is 24.6. The van der Waals surface area contributed by atoms with Gasteiger partial charge in [-0.2, -0.15) is 0 Å². The zero-order chi connectivity index (χ0) is 23.1. The maximum atomic E-state index is 13.0. The standard InChI is InChI=1S/C23H31N3O4S2/c1-4-25(5-2)19-8-6-18(7-9-19)17-24-32(28,29)20-10-11-22(31-3)21(16-20)23(27)26-12-14-30-15-13-26/h6-11,16,24H,4-5,12-15,17H2,1-3H3. The van der Waals surface area contributed by atoms with Gasteiger partial charge in [-0.25, -0.2) is 13.1 Å². The van der Waals surface area contributed by atoms with E-state index in [4.69, 9.17) is 4.74 Å². The van der Waals surface area contributed by atoms with Gasteiger partial charge in [0.15, 0.2) is 0 Å². The highest BCUT2D eigenvalue weighted by Crippen LogP contribution is 2.26. The summed E-state index contributed by atoms with van der Waals surface area (Å²) in [6.07, 6.45) is 1.87. The number of nitrogens with one attached hydrogen (secondary N) is 1. The second-order valence-electron chi connectivity index (χ2n) is 7.43. The van der Waals surface area contributed by atoms with Crippen LogP contribution in [0.2, 0.25) is 0 Å². The summed E-state index contributed by atoms with van der Waals surface area (Å²) in [5.74, 6) is -0.165. The van der Waals surface area contributed by atoms with Crippen LogP contribution in [0.1, 0.15) is 29.8 Å². The number of anilines is 1. The summed E-state index contributed by atoms with van der Waals surface area (Å²) in [5.41, 5.74) is 2.39. The molecule has 0 saturated carbocycles. The third-order valence-corrected chi connectivity index (χ3v) is 7.74. The lowest BCUT2D eigenvalue weighted by Gasteiger charge is -2.27. The molecule has 2 aromatic rings. The number of benzene rings is 2. The highest BCUT2D eigenvalue weighted by Gasteiger charge is 2.24. The molecule has 0 aliphatic carbocycles. The number of carbonyl (C=O) groups is 1. The van der Waals surface area contributed by atoms with Gasteiger partial charge in [0.05, 0.1) is 23.7 Å². The normalized spacial score (nSPS) is 14.4. The number of amides is 1. The topological polar surface area (TPSA) is 79.0 Å². The van der Waals surface area contributed by atoms with Crippen LogP contribution in [0.3, 0.4) is 0 Å². The Morgan fingerprint density at radius 2 is 1.75 bits per heavy atom. The third kappa shape index (κ3) is 5.83. The number of thioether (sulfide) groups is 1. The fraction of sp³-hybridized carbons (Fsp3) is 0.435. The second kappa shape index (κ2) is 11.2. The summed E-state index contributed by atoms with van der Waals surface area (Å²) >= 11 is 1.43. The van der Waals surface area contributed by atoms with Crippen molar-refractivity contribution in [3.8, 4) is 0 Å². The van der Waals surface area contributed by atoms with Crippen LogP contribution in [-0.4, -0.2) is 64.9 Å². The van der Waals surface area contributed by atoms with E-state index in [9.17, 15) is 13.2 Å². The van der Waals surface area contributed by atoms with Crippen LogP contribution in [0.5, 0.6) is 0 Å².